The van der Waals surface area contributed by atoms with E-state index in [1.807, 2.05) is 13.8 Å². The van der Waals surface area contributed by atoms with Gasteiger partial charge < -0.3 is 20.4 Å². The van der Waals surface area contributed by atoms with Crippen molar-refractivity contribution in [2.75, 3.05) is 35.7 Å². The Hall–Kier alpha value is -4.62. The Morgan fingerprint density at radius 1 is 1.08 bits per heavy atom. The molecule has 0 aliphatic carbocycles. The summed E-state index contributed by atoms with van der Waals surface area (Å²) in [6, 6.07) is 0.798. The molecular formula is C33H30Cl2F3N7O3. The molecule has 2 aromatic carbocycles. The Balaban J connectivity index is 1.86. The Morgan fingerprint density at radius 2 is 1.77 bits per heavy atom. The van der Waals surface area contributed by atoms with E-state index in [-0.39, 0.29) is 40.9 Å². The number of anilines is 3. The number of nitrogens with two attached hydrogens (primary N) is 1. The van der Waals surface area contributed by atoms with E-state index in [2.05, 4.69) is 16.5 Å². The maximum Gasteiger partial charge on any atom is 0.354 e. The van der Waals surface area contributed by atoms with Crippen LogP contribution >= 0.6 is 23.2 Å². The summed E-state index contributed by atoms with van der Waals surface area (Å²) in [5.41, 5.74) is 2.98. The number of hydrogen-bond acceptors (Lipinski definition) is 7. The average molecular weight is 701 g/mol. The zero-order valence-electron chi connectivity index (χ0n) is 26.5. The molecule has 2 aliphatic heterocycles. The number of benzene rings is 2. The van der Waals surface area contributed by atoms with Gasteiger partial charge >= 0.3 is 5.69 Å². The number of carbonyl (C=O) groups excluding carboxylic acids is 2. The molecule has 250 valence electrons. The van der Waals surface area contributed by atoms with Gasteiger partial charge in [-0.15, -0.1) is 0 Å². The number of aromatic nitrogens is 3. The summed E-state index contributed by atoms with van der Waals surface area (Å²) in [4.78, 5) is 53.9. The number of pyridine rings is 1. The lowest BCUT2D eigenvalue weighted by Crippen LogP contribution is -2.63. The van der Waals surface area contributed by atoms with E-state index in [0.29, 0.717) is 11.3 Å². The number of piperazine rings is 1. The normalized spacial score (nSPS) is 17.6. The van der Waals surface area contributed by atoms with E-state index in [9.17, 15) is 14.4 Å². The monoisotopic (exact) mass is 699 g/mol. The van der Waals surface area contributed by atoms with Gasteiger partial charge in [-0.1, -0.05) is 43.6 Å². The molecule has 2 aliphatic rings. The summed E-state index contributed by atoms with van der Waals surface area (Å²) in [6.07, 6.45) is 2.65. The summed E-state index contributed by atoms with van der Waals surface area (Å²) in [5, 5.41) is -1.07. The van der Waals surface area contributed by atoms with Gasteiger partial charge in [0.25, 0.3) is 5.91 Å². The van der Waals surface area contributed by atoms with Crippen LogP contribution in [0.5, 0.6) is 0 Å². The first-order valence-corrected chi connectivity index (χ1v) is 15.7. The van der Waals surface area contributed by atoms with E-state index < -0.39 is 80.1 Å². The second-order valence-electron chi connectivity index (χ2n) is 12.2. The molecule has 4 aromatic rings. The van der Waals surface area contributed by atoms with Crippen molar-refractivity contribution >= 4 is 63.1 Å². The zero-order chi connectivity index (χ0) is 35.1. The first kappa shape index (κ1) is 33.3. The Kier molecular flexibility index (Phi) is 8.19. The lowest BCUT2D eigenvalue weighted by Gasteiger charge is -2.45. The van der Waals surface area contributed by atoms with Crippen molar-refractivity contribution in [1.29, 1.82) is 0 Å². The molecule has 0 bridgehead atoms. The van der Waals surface area contributed by atoms with Gasteiger partial charge in [0, 0.05) is 31.4 Å². The third-order valence-corrected chi connectivity index (χ3v) is 9.51. The van der Waals surface area contributed by atoms with Crippen molar-refractivity contribution in [2.45, 2.75) is 45.7 Å². The third kappa shape index (κ3) is 4.73. The van der Waals surface area contributed by atoms with E-state index in [1.54, 1.807) is 19.9 Å². The molecule has 1 saturated heterocycles. The lowest BCUT2D eigenvalue weighted by molar-refractivity contribution is -0.129. The molecular weight excluding hydrogens is 670 g/mol. The van der Waals surface area contributed by atoms with Gasteiger partial charge in [0.15, 0.2) is 17.5 Å². The Morgan fingerprint density at radius 3 is 2.42 bits per heavy atom. The minimum absolute atomic E-state index is 0.0883. The van der Waals surface area contributed by atoms with Crippen LogP contribution in [-0.2, 0) is 9.59 Å². The van der Waals surface area contributed by atoms with Gasteiger partial charge in [-0.25, -0.2) is 18.0 Å². The van der Waals surface area contributed by atoms with Crippen LogP contribution in [0.3, 0.4) is 0 Å². The largest absolute Gasteiger partial charge is 0.397 e. The third-order valence-electron chi connectivity index (χ3n) is 8.92. The van der Waals surface area contributed by atoms with Crippen molar-refractivity contribution in [1.82, 2.24) is 19.4 Å². The topological polar surface area (TPSA) is 118 Å². The molecule has 6 rings (SSSR count). The van der Waals surface area contributed by atoms with Crippen LogP contribution in [0, 0.1) is 24.4 Å². The second-order valence-corrected chi connectivity index (χ2v) is 13.0. The van der Waals surface area contributed by atoms with Gasteiger partial charge in [0.1, 0.15) is 17.4 Å². The summed E-state index contributed by atoms with van der Waals surface area (Å²) in [6.45, 7) is 10.5. The van der Waals surface area contributed by atoms with Gasteiger partial charge in [-0.3, -0.25) is 19.1 Å². The van der Waals surface area contributed by atoms with Gasteiger partial charge in [0.05, 0.1) is 50.3 Å². The molecule has 2 amide bonds. The number of rotatable bonds is 4. The maximum absolute atomic E-state index is 17.5. The van der Waals surface area contributed by atoms with Gasteiger partial charge in [-0.05, 0) is 43.5 Å². The van der Waals surface area contributed by atoms with Gasteiger partial charge in [-0.2, -0.15) is 4.98 Å². The number of likely N-dealkylation sites (N-methyl/N-ethyl adjacent to an activating group) is 1. The second kappa shape index (κ2) is 11.8. The van der Waals surface area contributed by atoms with E-state index in [0.717, 1.165) is 21.6 Å². The first-order chi connectivity index (χ1) is 22.6. The van der Waals surface area contributed by atoms with Crippen molar-refractivity contribution in [3.63, 3.8) is 0 Å². The molecule has 2 aromatic heterocycles. The quantitative estimate of drug-likeness (QED) is 0.164. The number of amides is 2. The highest BCUT2D eigenvalue weighted by Gasteiger charge is 2.46. The summed E-state index contributed by atoms with van der Waals surface area (Å²) >= 11 is 12.3. The highest BCUT2D eigenvalue weighted by Crippen LogP contribution is 2.49. The molecule has 0 saturated carbocycles. The van der Waals surface area contributed by atoms with Gasteiger partial charge in [0.2, 0.25) is 5.91 Å². The fraction of sp³-hybridized carbons (Fsp3) is 0.303. The number of fused-ring (bicyclic) bond motifs is 2. The highest BCUT2D eigenvalue weighted by molar-refractivity contribution is 6.37. The number of aryl methyl sites for hydroxylation is 1. The number of carbonyl (C=O) groups is 2. The van der Waals surface area contributed by atoms with E-state index in [4.69, 9.17) is 28.9 Å². The molecule has 4 heterocycles. The smallest absolute Gasteiger partial charge is 0.354 e. The average Bonchev–Trinajstić information content (AvgIpc) is 3.12. The van der Waals surface area contributed by atoms with Crippen LogP contribution < -0.4 is 21.2 Å². The summed E-state index contributed by atoms with van der Waals surface area (Å²) in [5.74, 6) is -5.60. The van der Waals surface area contributed by atoms with Crippen LogP contribution in [0.4, 0.5) is 30.4 Å². The SMILES string of the molecule is C=CC(=O)N1CC(C)N2c3nc(=O)n(-c4c(C)ccnc4C(C)C)c4c(F)c(-c5c(N)c(Cl)cc(Cl)c5F)c(F)c(c34)N(C)C(=O)C2C1. The minimum Gasteiger partial charge on any atom is -0.397 e. The van der Waals surface area contributed by atoms with Crippen LogP contribution in [-0.4, -0.2) is 63.5 Å². The fourth-order valence-corrected chi connectivity index (χ4v) is 7.19. The fourth-order valence-electron chi connectivity index (χ4n) is 6.73. The number of hydrogen-bond donors (Lipinski definition) is 1. The van der Waals surface area contributed by atoms with E-state index in [1.165, 1.54) is 23.0 Å². The molecule has 2 unspecified atom stereocenters. The van der Waals surface area contributed by atoms with E-state index >= 15 is 13.2 Å². The molecule has 0 radical (unpaired) electrons. The van der Waals surface area contributed by atoms with Crippen molar-refractivity contribution in [3.8, 4) is 16.8 Å². The molecule has 15 heteroatoms. The molecule has 0 spiro atoms. The number of halogens is 5. The summed E-state index contributed by atoms with van der Waals surface area (Å²) < 4.78 is 51.5. The van der Waals surface area contributed by atoms with Crippen LogP contribution in [0.25, 0.3) is 27.7 Å². The van der Waals surface area contributed by atoms with Crippen molar-refractivity contribution < 1.29 is 22.8 Å². The minimum atomic E-state index is -1.37. The number of nitrogen functional groups attached to an aromatic ring is 1. The van der Waals surface area contributed by atoms with Crippen LogP contribution in [0.1, 0.15) is 37.9 Å². The lowest BCUT2D eigenvalue weighted by atomic mass is 9.96. The predicted octanol–water partition coefficient (Wildman–Crippen LogP) is 5.75. The molecule has 2 atom stereocenters. The molecule has 48 heavy (non-hydrogen) atoms. The summed E-state index contributed by atoms with van der Waals surface area (Å²) in [7, 11) is 1.27. The Labute approximate surface area is 283 Å². The standard InChI is InChI=1S/C33H30Cl2F3N7O3/c1-7-19(46)43-11-15(5)44-18(12-43)32(47)42(6)29-22-30(25(38)20(24(29)37)21-23(36)16(34)10-17(35)26(21)39)45(33(48)41-31(22)44)28-14(4)8-9-40-27(28)13(2)3/h7-10,13,15,18H,1,11-12,39H2,2-6H3. The maximum atomic E-state index is 17.5. The van der Waals surface area contributed by atoms with Crippen LogP contribution in [0.15, 0.2) is 35.8 Å². The predicted molar refractivity (Wildman–Crippen MR) is 180 cm³/mol. The molecule has 1 fully saturated rings. The Bertz CT molecular complexity index is 2130. The molecule has 2 N–H and O–H groups in total. The highest BCUT2D eigenvalue weighted by atomic mass is 35.5. The number of nitrogens with zero attached hydrogens (tertiary/aromatic N) is 6. The zero-order valence-corrected chi connectivity index (χ0v) is 28.0. The van der Waals surface area contributed by atoms with Crippen LogP contribution in [0.2, 0.25) is 10.0 Å². The van der Waals surface area contributed by atoms with Crippen molar-refractivity contribution in [3.05, 3.63) is 80.2 Å². The first-order valence-electron chi connectivity index (χ1n) is 15.0. The van der Waals surface area contributed by atoms with Crippen molar-refractivity contribution in [2.24, 2.45) is 0 Å². The molecule has 10 nitrogen and oxygen atoms in total.